The number of hydrogen-bond donors (Lipinski definition) is 2. The SMILES string of the molecule is CC(=O)OC1CC(CO)O[C@@H]1CO. The molecule has 0 aromatic carbocycles. The second kappa shape index (κ2) is 4.55. The molecule has 2 N–H and O–H groups in total. The van der Waals surface area contributed by atoms with Gasteiger partial charge in [-0.05, 0) is 0 Å². The predicted molar refractivity (Wildman–Crippen MR) is 43.0 cm³/mol. The van der Waals surface area contributed by atoms with Crippen LogP contribution in [0.5, 0.6) is 0 Å². The Morgan fingerprint density at radius 1 is 1.54 bits per heavy atom. The molecule has 5 nitrogen and oxygen atoms in total. The standard InChI is InChI=1S/C8H14O5/c1-5(11)12-7-2-6(3-9)13-8(7)4-10/h6-10H,2-4H2,1H3/t6?,7?,8-/m1/s1. The highest BCUT2D eigenvalue weighted by Crippen LogP contribution is 2.22. The first-order chi connectivity index (χ1) is 6.17. The van der Waals surface area contributed by atoms with Crippen LogP contribution >= 0.6 is 0 Å². The molecule has 1 heterocycles. The number of carbonyl (C=O) groups excluding carboxylic acids is 1. The summed E-state index contributed by atoms with van der Waals surface area (Å²) in [6, 6.07) is 0. The van der Waals surface area contributed by atoms with Crippen molar-refractivity contribution >= 4 is 5.97 Å². The third-order valence-corrected chi connectivity index (χ3v) is 1.98. The number of aliphatic hydroxyl groups is 2. The van der Waals surface area contributed by atoms with Crippen LogP contribution in [0, 0.1) is 0 Å². The van der Waals surface area contributed by atoms with Gasteiger partial charge in [0.1, 0.15) is 12.2 Å². The average Bonchev–Trinajstić information content (AvgIpc) is 2.46. The van der Waals surface area contributed by atoms with Crippen LogP contribution in [0.4, 0.5) is 0 Å². The number of rotatable bonds is 3. The quantitative estimate of drug-likeness (QED) is 0.562. The van der Waals surface area contributed by atoms with Gasteiger partial charge in [-0.15, -0.1) is 0 Å². The summed E-state index contributed by atoms with van der Waals surface area (Å²) in [5, 5.41) is 17.6. The lowest BCUT2D eigenvalue weighted by Gasteiger charge is -2.15. The second-order valence-electron chi connectivity index (χ2n) is 3.05. The molecule has 3 atom stereocenters. The van der Waals surface area contributed by atoms with E-state index in [-0.39, 0.29) is 19.3 Å². The van der Waals surface area contributed by atoms with E-state index in [1.54, 1.807) is 0 Å². The zero-order chi connectivity index (χ0) is 9.84. The van der Waals surface area contributed by atoms with Crippen LogP contribution in [0.3, 0.4) is 0 Å². The van der Waals surface area contributed by atoms with E-state index in [9.17, 15) is 4.79 Å². The minimum Gasteiger partial charge on any atom is -0.460 e. The first-order valence-electron chi connectivity index (χ1n) is 4.21. The largest absolute Gasteiger partial charge is 0.460 e. The van der Waals surface area contributed by atoms with E-state index < -0.39 is 18.2 Å². The molecular weight excluding hydrogens is 176 g/mol. The Balaban J connectivity index is 2.47. The molecule has 0 spiro atoms. The molecule has 0 saturated carbocycles. The van der Waals surface area contributed by atoms with Crippen LogP contribution in [-0.2, 0) is 14.3 Å². The lowest BCUT2D eigenvalue weighted by atomic mass is 10.1. The van der Waals surface area contributed by atoms with Crippen LogP contribution in [0.15, 0.2) is 0 Å². The lowest BCUT2D eigenvalue weighted by Crippen LogP contribution is -2.29. The van der Waals surface area contributed by atoms with Crippen LogP contribution in [0.25, 0.3) is 0 Å². The Labute approximate surface area is 76.3 Å². The van der Waals surface area contributed by atoms with Gasteiger partial charge in [-0.3, -0.25) is 4.79 Å². The second-order valence-corrected chi connectivity index (χ2v) is 3.05. The molecule has 5 heteroatoms. The Bertz CT molecular complexity index is 181. The normalized spacial score (nSPS) is 33.3. The van der Waals surface area contributed by atoms with Gasteiger partial charge in [0.25, 0.3) is 0 Å². The van der Waals surface area contributed by atoms with Gasteiger partial charge < -0.3 is 19.7 Å². The Kier molecular flexibility index (Phi) is 3.65. The molecule has 2 unspecified atom stereocenters. The monoisotopic (exact) mass is 190 g/mol. The minimum atomic E-state index is -0.499. The fraction of sp³-hybridized carbons (Fsp3) is 0.875. The van der Waals surface area contributed by atoms with E-state index in [0.717, 1.165) is 0 Å². The van der Waals surface area contributed by atoms with Gasteiger partial charge in [0, 0.05) is 13.3 Å². The van der Waals surface area contributed by atoms with E-state index in [0.29, 0.717) is 6.42 Å². The molecule has 76 valence electrons. The average molecular weight is 190 g/mol. The van der Waals surface area contributed by atoms with E-state index in [2.05, 4.69) is 0 Å². The maximum atomic E-state index is 10.6. The fourth-order valence-corrected chi connectivity index (χ4v) is 1.42. The predicted octanol–water partition coefficient (Wildman–Crippen LogP) is -0.940. The van der Waals surface area contributed by atoms with Gasteiger partial charge in [0.15, 0.2) is 0 Å². The molecule has 0 amide bonds. The van der Waals surface area contributed by atoms with Crippen molar-refractivity contribution in [2.45, 2.75) is 31.7 Å². The molecule has 0 radical (unpaired) electrons. The zero-order valence-corrected chi connectivity index (χ0v) is 7.47. The molecule has 1 fully saturated rings. The van der Waals surface area contributed by atoms with Gasteiger partial charge in [0.05, 0.1) is 19.3 Å². The lowest BCUT2D eigenvalue weighted by molar-refractivity contribution is -0.150. The number of aliphatic hydroxyl groups excluding tert-OH is 2. The maximum Gasteiger partial charge on any atom is 0.302 e. The number of esters is 1. The van der Waals surface area contributed by atoms with E-state index in [1.165, 1.54) is 6.92 Å². The van der Waals surface area contributed by atoms with Crippen molar-refractivity contribution in [1.29, 1.82) is 0 Å². The Morgan fingerprint density at radius 3 is 2.69 bits per heavy atom. The third kappa shape index (κ3) is 2.65. The third-order valence-electron chi connectivity index (χ3n) is 1.98. The molecule has 0 aliphatic carbocycles. The van der Waals surface area contributed by atoms with E-state index >= 15 is 0 Å². The van der Waals surface area contributed by atoms with Gasteiger partial charge >= 0.3 is 5.97 Å². The highest BCUT2D eigenvalue weighted by Gasteiger charge is 2.36. The van der Waals surface area contributed by atoms with Crippen LogP contribution in [0.2, 0.25) is 0 Å². The van der Waals surface area contributed by atoms with Crippen LogP contribution in [0.1, 0.15) is 13.3 Å². The summed E-state index contributed by atoms with van der Waals surface area (Å²) < 4.78 is 10.1. The van der Waals surface area contributed by atoms with Crippen molar-refractivity contribution in [1.82, 2.24) is 0 Å². The van der Waals surface area contributed by atoms with Gasteiger partial charge in [-0.1, -0.05) is 0 Å². The summed E-state index contributed by atoms with van der Waals surface area (Å²) in [7, 11) is 0. The molecule has 1 aliphatic heterocycles. The first kappa shape index (κ1) is 10.4. The molecule has 1 rings (SSSR count). The Morgan fingerprint density at radius 2 is 2.23 bits per heavy atom. The van der Waals surface area contributed by atoms with E-state index in [1.807, 2.05) is 0 Å². The van der Waals surface area contributed by atoms with Gasteiger partial charge in [0.2, 0.25) is 0 Å². The summed E-state index contributed by atoms with van der Waals surface area (Å²) in [5.41, 5.74) is 0. The number of ether oxygens (including phenoxy) is 2. The molecular formula is C8H14O5. The highest BCUT2D eigenvalue weighted by molar-refractivity contribution is 5.66. The van der Waals surface area contributed by atoms with Crippen molar-refractivity contribution in [3.63, 3.8) is 0 Å². The van der Waals surface area contributed by atoms with Crippen molar-refractivity contribution in [3.8, 4) is 0 Å². The summed E-state index contributed by atoms with van der Waals surface area (Å²) >= 11 is 0. The smallest absolute Gasteiger partial charge is 0.302 e. The number of carbonyl (C=O) groups is 1. The minimum absolute atomic E-state index is 0.117. The van der Waals surface area contributed by atoms with Crippen LogP contribution < -0.4 is 0 Å². The topological polar surface area (TPSA) is 76.0 Å². The molecule has 1 saturated heterocycles. The maximum absolute atomic E-state index is 10.6. The van der Waals surface area contributed by atoms with Crippen molar-refractivity contribution in [2.24, 2.45) is 0 Å². The zero-order valence-electron chi connectivity index (χ0n) is 7.47. The first-order valence-corrected chi connectivity index (χ1v) is 4.21. The summed E-state index contributed by atoms with van der Waals surface area (Å²) in [4.78, 5) is 10.6. The number of hydrogen-bond acceptors (Lipinski definition) is 5. The summed E-state index contributed by atoms with van der Waals surface area (Å²) in [6.45, 7) is 0.990. The van der Waals surface area contributed by atoms with Crippen molar-refractivity contribution in [3.05, 3.63) is 0 Å². The summed E-state index contributed by atoms with van der Waals surface area (Å²) in [5.74, 6) is -0.398. The summed E-state index contributed by atoms with van der Waals surface area (Å²) in [6.07, 6.45) is -0.816. The molecule has 0 aromatic heterocycles. The molecule has 0 bridgehead atoms. The van der Waals surface area contributed by atoms with Crippen LogP contribution in [-0.4, -0.2) is 47.7 Å². The Hall–Kier alpha value is -0.650. The molecule has 13 heavy (non-hydrogen) atoms. The van der Waals surface area contributed by atoms with Gasteiger partial charge in [-0.2, -0.15) is 0 Å². The van der Waals surface area contributed by atoms with E-state index in [4.69, 9.17) is 19.7 Å². The molecule has 0 aromatic rings. The molecule has 1 aliphatic rings. The highest BCUT2D eigenvalue weighted by atomic mass is 16.6. The van der Waals surface area contributed by atoms with Crippen molar-refractivity contribution < 1.29 is 24.5 Å². The fourth-order valence-electron chi connectivity index (χ4n) is 1.42. The van der Waals surface area contributed by atoms with Crippen molar-refractivity contribution in [2.75, 3.05) is 13.2 Å². The van der Waals surface area contributed by atoms with Gasteiger partial charge in [-0.25, -0.2) is 0 Å².